The smallest absolute Gasteiger partial charge is 0.305 e. The first-order valence-electron chi connectivity index (χ1n) is 5.82. The molecule has 5 heteroatoms. The molecule has 3 N–H and O–H groups in total. The first-order valence-corrected chi connectivity index (χ1v) is 5.82. The number of hydrogen-bond acceptors (Lipinski definition) is 3. The molecule has 1 amide bonds. The Morgan fingerprint density at radius 3 is 2.38 bits per heavy atom. The minimum absolute atomic E-state index is 0.0306. The van der Waals surface area contributed by atoms with Gasteiger partial charge >= 0.3 is 5.97 Å². The van der Waals surface area contributed by atoms with Crippen molar-refractivity contribution in [3.63, 3.8) is 0 Å². The van der Waals surface area contributed by atoms with Crippen molar-refractivity contribution in [3.05, 3.63) is 0 Å². The van der Waals surface area contributed by atoms with Gasteiger partial charge in [0.1, 0.15) is 0 Å². The molecular weight excluding hydrogens is 208 g/mol. The Labute approximate surface area is 94.6 Å². The van der Waals surface area contributed by atoms with E-state index >= 15 is 0 Å². The highest BCUT2D eigenvalue weighted by Crippen LogP contribution is 2.47. The Morgan fingerprint density at radius 2 is 2.00 bits per heavy atom. The van der Waals surface area contributed by atoms with Crippen LogP contribution in [0, 0.1) is 5.41 Å². The second-order valence-corrected chi connectivity index (χ2v) is 4.86. The van der Waals surface area contributed by atoms with Crippen LogP contribution in [-0.2, 0) is 9.59 Å². The zero-order chi connectivity index (χ0) is 11.8. The normalized spacial score (nSPS) is 21.6. The molecule has 0 aromatic rings. The van der Waals surface area contributed by atoms with E-state index in [0.717, 1.165) is 25.7 Å². The van der Waals surface area contributed by atoms with Crippen LogP contribution < -0.4 is 5.73 Å². The van der Waals surface area contributed by atoms with Crippen LogP contribution in [-0.4, -0.2) is 41.0 Å². The van der Waals surface area contributed by atoms with Gasteiger partial charge < -0.3 is 15.7 Å². The van der Waals surface area contributed by atoms with E-state index in [4.69, 9.17) is 10.8 Å². The number of nitrogens with two attached hydrogens (primary N) is 1. The molecule has 0 aromatic carbocycles. The van der Waals surface area contributed by atoms with Crippen molar-refractivity contribution < 1.29 is 14.7 Å². The molecule has 0 spiro atoms. The molecule has 2 saturated carbocycles. The molecule has 0 atom stereocenters. The van der Waals surface area contributed by atoms with Gasteiger partial charge in [0.15, 0.2) is 0 Å². The number of aliphatic carboxylic acids is 1. The van der Waals surface area contributed by atoms with Gasteiger partial charge in [-0.25, -0.2) is 0 Å². The molecule has 0 unspecified atom stereocenters. The zero-order valence-electron chi connectivity index (χ0n) is 9.32. The summed E-state index contributed by atoms with van der Waals surface area (Å²) in [5.74, 6) is -0.769. The molecule has 0 bridgehead atoms. The zero-order valence-corrected chi connectivity index (χ0v) is 9.32. The van der Waals surface area contributed by atoms with Gasteiger partial charge in [0.05, 0.1) is 11.8 Å². The number of amides is 1. The van der Waals surface area contributed by atoms with Crippen LogP contribution >= 0.6 is 0 Å². The summed E-state index contributed by atoms with van der Waals surface area (Å²) in [5.41, 5.74) is 5.27. The summed E-state index contributed by atoms with van der Waals surface area (Å²) in [5, 5.41) is 8.66. The summed E-state index contributed by atoms with van der Waals surface area (Å²) in [6, 6.07) is 0.274. The predicted molar refractivity (Wildman–Crippen MR) is 57.7 cm³/mol. The summed E-state index contributed by atoms with van der Waals surface area (Å²) < 4.78 is 0. The SMILES string of the molecule is NCC1(C(=O)N(CCC(=O)O)C2CC2)CC1. The van der Waals surface area contributed by atoms with Crippen LogP contribution in [0.4, 0.5) is 0 Å². The summed E-state index contributed by atoms with van der Waals surface area (Å²) in [6.45, 7) is 0.725. The molecule has 2 rings (SSSR count). The largest absolute Gasteiger partial charge is 0.481 e. The number of hydrogen-bond donors (Lipinski definition) is 2. The van der Waals surface area contributed by atoms with E-state index in [1.807, 2.05) is 0 Å². The number of carbonyl (C=O) groups excluding carboxylic acids is 1. The van der Waals surface area contributed by atoms with Crippen LogP contribution in [0.5, 0.6) is 0 Å². The van der Waals surface area contributed by atoms with Crippen molar-refractivity contribution in [2.45, 2.75) is 38.1 Å². The molecule has 0 heterocycles. The standard InChI is InChI=1S/C11H18N2O3/c12-7-11(4-5-11)10(16)13(8-1-2-8)6-3-9(14)15/h8H,1-7,12H2,(H,14,15). The van der Waals surface area contributed by atoms with E-state index in [1.54, 1.807) is 4.90 Å². The van der Waals surface area contributed by atoms with Gasteiger partial charge in [-0.05, 0) is 25.7 Å². The highest BCUT2D eigenvalue weighted by atomic mass is 16.4. The van der Waals surface area contributed by atoms with Crippen molar-refractivity contribution >= 4 is 11.9 Å². The Bertz CT molecular complexity index is 308. The molecule has 16 heavy (non-hydrogen) atoms. The second kappa shape index (κ2) is 4.05. The quantitative estimate of drug-likeness (QED) is 0.677. The molecule has 0 radical (unpaired) electrons. The van der Waals surface area contributed by atoms with Gasteiger partial charge in [-0.3, -0.25) is 9.59 Å². The third kappa shape index (κ3) is 2.19. The maximum absolute atomic E-state index is 12.2. The van der Waals surface area contributed by atoms with Crippen LogP contribution in [0.25, 0.3) is 0 Å². The van der Waals surface area contributed by atoms with E-state index in [0.29, 0.717) is 13.1 Å². The molecule has 0 aliphatic heterocycles. The van der Waals surface area contributed by atoms with Crippen molar-refractivity contribution in [2.75, 3.05) is 13.1 Å². The molecule has 2 fully saturated rings. The Morgan fingerprint density at radius 1 is 1.38 bits per heavy atom. The van der Waals surface area contributed by atoms with Crippen molar-refractivity contribution in [1.82, 2.24) is 4.90 Å². The summed E-state index contributed by atoms with van der Waals surface area (Å²) >= 11 is 0. The number of nitrogens with zero attached hydrogens (tertiary/aromatic N) is 1. The van der Waals surface area contributed by atoms with Gasteiger partial charge in [-0.15, -0.1) is 0 Å². The van der Waals surface area contributed by atoms with Crippen LogP contribution in [0.3, 0.4) is 0 Å². The molecular formula is C11H18N2O3. The number of carboxylic acid groups (broad SMARTS) is 1. The Hall–Kier alpha value is -1.10. The number of carboxylic acids is 1. The molecule has 5 nitrogen and oxygen atoms in total. The fraction of sp³-hybridized carbons (Fsp3) is 0.818. The van der Waals surface area contributed by atoms with Crippen LogP contribution in [0.2, 0.25) is 0 Å². The fourth-order valence-electron chi connectivity index (χ4n) is 2.01. The average Bonchev–Trinajstić information content (AvgIpc) is 3.12. The highest BCUT2D eigenvalue weighted by Gasteiger charge is 2.52. The molecule has 2 aliphatic rings. The lowest BCUT2D eigenvalue weighted by atomic mass is 10.1. The predicted octanol–water partition coefficient (Wildman–Crippen LogP) is 0.191. The highest BCUT2D eigenvalue weighted by molar-refractivity contribution is 5.86. The van der Waals surface area contributed by atoms with E-state index in [2.05, 4.69) is 0 Å². The Balaban J connectivity index is 1.96. The first kappa shape index (κ1) is 11.4. The van der Waals surface area contributed by atoms with E-state index in [1.165, 1.54) is 0 Å². The van der Waals surface area contributed by atoms with Gasteiger partial charge in [0, 0.05) is 19.1 Å². The minimum Gasteiger partial charge on any atom is -0.481 e. The lowest BCUT2D eigenvalue weighted by molar-refractivity contribution is -0.140. The summed E-state index contributed by atoms with van der Waals surface area (Å²) in [6.07, 6.45) is 3.76. The van der Waals surface area contributed by atoms with Gasteiger partial charge in [0.2, 0.25) is 5.91 Å². The first-order chi connectivity index (χ1) is 7.59. The average molecular weight is 226 g/mol. The van der Waals surface area contributed by atoms with Crippen LogP contribution in [0.1, 0.15) is 32.1 Å². The van der Waals surface area contributed by atoms with E-state index in [9.17, 15) is 9.59 Å². The number of carbonyl (C=O) groups is 2. The molecule has 90 valence electrons. The molecule has 0 saturated heterocycles. The lowest BCUT2D eigenvalue weighted by Crippen LogP contribution is -2.42. The van der Waals surface area contributed by atoms with Crippen LogP contribution in [0.15, 0.2) is 0 Å². The number of rotatable bonds is 6. The summed E-state index contributed by atoms with van der Waals surface area (Å²) in [4.78, 5) is 24.5. The van der Waals surface area contributed by atoms with Gasteiger partial charge in [-0.1, -0.05) is 0 Å². The van der Waals surface area contributed by atoms with Gasteiger partial charge in [-0.2, -0.15) is 0 Å². The lowest BCUT2D eigenvalue weighted by Gasteiger charge is -2.26. The fourth-order valence-corrected chi connectivity index (χ4v) is 2.01. The van der Waals surface area contributed by atoms with Crippen molar-refractivity contribution in [2.24, 2.45) is 11.1 Å². The third-order valence-electron chi connectivity index (χ3n) is 3.51. The van der Waals surface area contributed by atoms with E-state index in [-0.39, 0.29) is 23.8 Å². The van der Waals surface area contributed by atoms with Crippen molar-refractivity contribution in [1.29, 1.82) is 0 Å². The third-order valence-corrected chi connectivity index (χ3v) is 3.51. The van der Waals surface area contributed by atoms with E-state index < -0.39 is 5.97 Å². The second-order valence-electron chi connectivity index (χ2n) is 4.86. The maximum atomic E-state index is 12.2. The monoisotopic (exact) mass is 226 g/mol. The molecule has 2 aliphatic carbocycles. The maximum Gasteiger partial charge on any atom is 0.305 e. The van der Waals surface area contributed by atoms with Crippen molar-refractivity contribution in [3.8, 4) is 0 Å². The Kier molecular flexibility index (Phi) is 2.88. The summed E-state index contributed by atoms with van der Waals surface area (Å²) in [7, 11) is 0. The van der Waals surface area contributed by atoms with Gasteiger partial charge in [0.25, 0.3) is 0 Å². The molecule has 0 aromatic heterocycles. The topological polar surface area (TPSA) is 83.6 Å². The minimum atomic E-state index is -0.851.